The molecule has 4 nitrogen and oxygen atoms in total. The molecule has 0 spiro atoms. The van der Waals surface area contributed by atoms with Crippen LogP contribution in [-0.4, -0.2) is 35.9 Å². The highest BCUT2D eigenvalue weighted by Gasteiger charge is 2.59. The van der Waals surface area contributed by atoms with E-state index >= 15 is 0 Å². The Hall–Kier alpha value is -1.53. The lowest BCUT2D eigenvalue weighted by molar-refractivity contribution is -0.238. The van der Waals surface area contributed by atoms with Crippen molar-refractivity contribution in [3.63, 3.8) is 0 Å². The maximum absolute atomic E-state index is 13.5. The lowest BCUT2D eigenvalue weighted by atomic mass is 9.56. The van der Waals surface area contributed by atoms with Crippen molar-refractivity contribution in [3.8, 4) is 0 Å². The Kier molecular flexibility index (Phi) is 5.06. The van der Waals surface area contributed by atoms with E-state index < -0.39 is 35.0 Å². The summed E-state index contributed by atoms with van der Waals surface area (Å²) in [7, 11) is 0. The van der Waals surface area contributed by atoms with Crippen molar-refractivity contribution >= 4 is 5.91 Å². The molecule has 0 heterocycles. The Morgan fingerprint density at radius 3 is 2.52 bits per heavy atom. The monoisotopic (exact) mass is 327 g/mol. The van der Waals surface area contributed by atoms with Crippen LogP contribution in [0.25, 0.3) is 0 Å². The van der Waals surface area contributed by atoms with Gasteiger partial charge in [-0.05, 0) is 19.1 Å². The van der Waals surface area contributed by atoms with Crippen LogP contribution < -0.4 is 5.32 Å². The molecule has 1 aliphatic rings. The number of hydrogen-bond donors (Lipinski definition) is 2. The Labute approximate surface area is 134 Å². The van der Waals surface area contributed by atoms with Crippen LogP contribution in [0.2, 0.25) is 0 Å². The number of carbonyl (C=O) groups is 1. The van der Waals surface area contributed by atoms with Gasteiger partial charge in [0.25, 0.3) is 0 Å². The molecule has 0 unspecified atom stereocenters. The second kappa shape index (κ2) is 6.53. The number of ether oxygens (including phenoxy) is 1. The molecule has 0 aromatic heterocycles. The van der Waals surface area contributed by atoms with Gasteiger partial charge in [0.1, 0.15) is 11.6 Å². The second-order valence-electron chi connectivity index (χ2n) is 6.56. The number of rotatable bonds is 6. The molecule has 1 aromatic rings. The topological polar surface area (TPSA) is 58.6 Å². The number of carbonyl (C=O) groups excluding carboxylic acids is 1. The average Bonchev–Trinajstić information content (AvgIpc) is 2.49. The third-order valence-electron chi connectivity index (χ3n) is 4.87. The van der Waals surface area contributed by atoms with Crippen LogP contribution in [-0.2, 0) is 16.0 Å². The maximum Gasteiger partial charge on any atom is 0.224 e. The van der Waals surface area contributed by atoms with E-state index in [-0.39, 0.29) is 18.2 Å². The van der Waals surface area contributed by atoms with Gasteiger partial charge in [-0.25, -0.2) is 8.78 Å². The summed E-state index contributed by atoms with van der Waals surface area (Å²) in [6.45, 7) is 6.22. The first kappa shape index (κ1) is 17.8. The predicted molar refractivity (Wildman–Crippen MR) is 81.8 cm³/mol. The van der Waals surface area contributed by atoms with Gasteiger partial charge in [-0.15, -0.1) is 0 Å². The van der Waals surface area contributed by atoms with Gasteiger partial charge in [0, 0.05) is 30.6 Å². The van der Waals surface area contributed by atoms with Gasteiger partial charge in [-0.1, -0.05) is 19.9 Å². The fraction of sp³-hybridized carbons (Fsp3) is 0.588. The van der Waals surface area contributed by atoms with Gasteiger partial charge >= 0.3 is 0 Å². The average molecular weight is 327 g/mol. The molecule has 1 fully saturated rings. The van der Waals surface area contributed by atoms with Crippen molar-refractivity contribution in [3.05, 3.63) is 35.4 Å². The SMILES string of the molecule is CCO[C@H]1C[C@@](O)(CNC(=O)Cc2c(F)cccc2F)C1(C)C. The maximum atomic E-state index is 13.5. The van der Waals surface area contributed by atoms with E-state index in [9.17, 15) is 18.7 Å². The Bertz CT molecular complexity index is 571. The summed E-state index contributed by atoms with van der Waals surface area (Å²) in [5, 5.41) is 13.2. The number of amides is 1. The standard InChI is InChI=1S/C17H23F2NO3/c1-4-23-14-9-17(22,16(14,2)3)10-20-15(21)8-11-12(18)6-5-7-13(11)19/h5-7,14,22H,4,8-10H2,1-3H3,(H,20,21)/t14-,17+/m0/s1. The first-order valence-corrected chi connectivity index (χ1v) is 7.75. The van der Waals surface area contributed by atoms with Crippen molar-refractivity contribution in [2.75, 3.05) is 13.2 Å². The van der Waals surface area contributed by atoms with Crippen LogP contribution in [0.3, 0.4) is 0 Å². The molecule has 0 aliphatic heterocycles. The van der Waals surface area contributed by atoms with E-state index in [2.05, 4.69) is 5.32 Å². The Morgan fingerprint density at radius 2 is 2.00 bits per heavy atom. The number of benzene rings is 1. The van der Waals surface area contributed by atoms with Crippen molar-refractivity contribution in [1.82, 2.24) is 5.32 Å². The number of halogens is 2. The number of nitrogens with one attached hydrogen (secondary N) is 1. The molecule has 0 bridgehead atoms. The lowest BCUT2D eigenvalue weighted by Crippen LogP contribution is -2.68. The summed E-state index contributed by atoms with van der Waals surface area (Å²) in [5.74, 6) is -2.03. The van der Waals surface area contributed by atoms with Crippen molar-refractivity contribution in [2.45, 2.75) is 45.3 Å². The molecule has 2 atom stereocenters. The minimum atomic E-state index is -1.09. The smallest absolute Gasteiger partial charge is 0.224 e. The summed E-state index contributed by atoms with van der Waals surface area (Å²) in [5.41, 5.74) is -1.85. The van der Waals surface area contributed by atoms with Gasteiger partial charge in [0.2, 0.25) is 5.91 Å². The van der Waals surface area contributed by atoms with Crippen LogP contribution in [0.1, 0.15) is 32.8 Å². The van der Waals surface area contributed by atoms with Crippen molar-refractivity contribution < 1.29 is 23.4 Å². The van der Waals surface area contributed by atoms with Crippen LogP contribution in [0.4, 0.5) is 8.78 Å². The molecule has 2 N–H and O–H groups in total. The molecule has 23 heavy (non-hydrogen) atoms. The third kappa shape index (κ3) is 3.38. The van der Waals surface area contributed by atoms with Gasteiger partial charge in [-0.2, -0.15) is 0 Å². The molecule has 2 rings (SSSR count). The van der Waals surface area contributed by atoms with Crippen LogP contribution in [0.5, 0.6) is 0 Å². The largest absolute Gasteiger partial charge is 0.387 e. The van der Waals surface area contributed by atoms with Gasteiger partial charge in [-0.3, -0.25) is 4.79 Å². The molecule has 1 aliphatic carbocycles. The second-order valence-corrected chi connectivity index (χ2v) is 6.56. The molecule has 128 valence electrons. The van der Waals surface area contributed by atoms with E-state index in [0.717, 1.165) is 12.1 Å². The number of aliphatic hydroxyl groups is 1. The first-order valence-electron chi connectivity index (χ1n) is 7.75. The minimum Gasteiger partial charge on any atom is -0.387 e. The van der Waals surface area contributed by atoms with E-state index in [1.807, 2.05) is 20.8 Å². The summed E-state index contributed by atoms with van der Waals surface area (Å²) >= 11 is 0. The Balaban J connectivity index is 1.93. The zero-order valence-corrected chi connectivity index (χ0v) is 13.7. The Morgan fingerprint density at radius 1 is 1.39 bits per heavy atom. The highest BCUT2D eigenvalue weighted by molar-refractivity contribution is 5.78. The summed E-state index contributed by atoms with van der Waals surface area (Å²) in [4.78, 5) is 11.9. The summed E-state index contributed by atoms with van der Waals surface area (Å²) in [6.07, 6.45) is -0.0510. The van der Waals surface area contributed by atoms with Gasteiger partial charge in [0.15, 0.2) is 0 Å². The van der Waals surface area contributed by atoms with Crippen molar-refractivity contribution in [1.29, 1.82) is 0 Å². The van der Waals surface area contributed by atoms with E-state index in [0.29, 0.717) is 13.0 Å². The van der Waals surface area contributed by atoms with E-state index in [1.165, 1.54) is 6.07 Å². The lowest BCUT2D eigenvalue weighted by Gasteiger charge is -2.57. The molecular formula is C17H23F2NO3. The normalized spacial score (nSPS) is 25.7. The highest BCUT2D eigenvalue weighted by Crippen LogP contribution is 2.50. The minimum absolute atomic E-state index is 0.0263. The molecule has 1 aromatic carbocycles. The fourth-order valence-electron chi connectivity index (χ4n) is 2.93. The first-order chi connectivity index (χ1) is 10.7. The van der Waals surface area contributed by atoms with Crippen LogP contribution in [0.15, 0.2) is 18.2 Å². The fourth-order valence-corrected chi connectivity index (χ4v) is 2.93. The zero-order chi connectivity index (χ0) is 17.3. The van der Waals surface area contributed by atoms with Crippen LogP contribution >= 0.6 is 0 Å². The highest BCUT2D eigenvalue weighted by atomic mass is 19.1. The van der Waals surface area contributed by atoms with Crippen molar-refractivity contribution in [2.24, 2.45) is 5.41 Å². The molecule has 0 saturated heterocycles. The van der Waals surface area contributed by atoms with Gasteiger partial charge < -0.3 is 15.2 Å². The summed E-state index contributed by atoms with van der Waals surface area (Å²) < 4.78 is 32.6. The predicted octanol–water partition coefficient (Wildman–Crippen LogP) is 2.19. The molecule has 1 amide bonds. The number of hydrogen-bond acceptors (Lipinski definition) is 3. The zero-order valence-electron chi connectivity index (χ0n) is 13.7. The molecular weight excluding hydrogens is 304 g/mol. The van der Waals surface area contributed by atoms with E-state index in [4.69, 9.17) is 4.74 Å². The van der Waals surface area contributed by atoms with E-state index in [1.54, 1.807) is 0 Å². The van der Waals surface area contributed by atoms with Gasteiger partial charge in [0.05, 0.1) is 18.1 Å². The third-order valence-corrected chi connectivity index (χ3v) is 4.87. The van der Waals surface area contributed by atoms with Crippen LogP contribution in [0, 0.1) is 17.0 Å². The summed E-state index contributed by atoms with van der Waals surface area (Å²) in [6, 6.07) is 3.47. The molecule has 1 saturated carbocycles. The molecule has 6 heteroatoms. The molecule has 0 radical (unpaired) electrons. The quantitative estimate of drug-likeness (QED) is 0.842.